The van der Waals surface area contributed by atoms with E-state index in [0.717, 1.165) is 22.4 Å². The average molecular weight is 443 g/mol. The number of thiocarbonyl (C=S) groups is 1. The van der Waals surface area contributed by atoms with E-state index in [1.807, 2.05) is 42.5 Å². The van der Waals surface area contributed by atoms with Crippen molar-refractivity contribution in [1.29, 1.82) is 0 Å². The summed E-state index contributed by atoms with van der Waals surface area (Å²) in [6, 6.07) is 18.1. The van der Waals surface area contributed by atoms with Crippen LogP contribution in [0.25, 0.3) is 10.9 Å². The Bertz CT molecular complexity index is 1350. The fraction of sp³-hybridized carbons (Fsp3) is 0.0870. The van der Waals surface area contributed by atoms with Crippen molar-refractivity contribution in [1.82, 2.24) is 9.99 Å². The van der Waals surface area contributed by atoms with E-state index in [1.165, 1.54) is 0 Å². The maximum Gasteiger partial charge on any atom is 0.187 e. The van der Waals surface area contributed by atoms with Crippen LogP contribution < -0.4 is 5.73 Å². The smallest absolute Gasteiger partial charge is 0.187 e. The van der Waals surface area contributed by atoms with Gasteiger partial charge in [0.2, 0.25) is 0 Å². The summed E-state index contributed by atoms with van der Waals surface area (Å²) in [7, 11) is 0. The highest BCUT2D eigenvalue weighted by molar-refractivity contribution is 7.80. The third-order valence-electron chi connectivity index (χ3n) is 5.21. The van der Waals surface area contributed by atoms with Crippen LogP contribution in [0, 0.1) is 0 Å². The molecule has 32 heavy (non-hydrogen) atoms. The van der Waals surface area contributed by atoms with Gasteiger partial charge in [0.15, 0.2) is 5.11 Å². The van der Waals surface area contributed by atoms with Crippen molar-refractivity contribution in [2.24, 2.45) is 21.1 Å². The lowest BCUT2D eigenvalue weighted by Gasteiger charge is -2.19. The Morgan fingerprint density at radius 2 is 1.94 bits per heavy atom. The predicted octanol–water partition coefficient (Wildman–Crippen LogP) is 5.34. The Balaban J connectivity index is 1.38. The first-order chi connectivity index (χ1) is 15.6. The number of aromatic nitrogens is 1. The highest BCUT2D eigenvalue weighted by Gasteiger charge is 2.32. The van der Waals surface area contributed by atoms with Crippen molar-refractivity contribution in [2.45, 2.75) is 12.5 Å². The number of nitrogens with zero attached hydrogens (tertiary/aromatic N) is 5. The zero-order chi connectivity index (χ0) is 22.1. The van der Waals surface area contributed by atoms with E-state index in [4.69, 9.17) is 22.4 Å². The Kier molecular flexibility index (Phi) is 5.08. The quantitative estimate of drug-likeness (QED) is 0.326. The third kappa shape index (κ3) is 3.69. The first kappa shape index (κ1) is 19.8. The van der Waals surface area contributed by atoms with Crippen LogP contribution in [0.1, 0.15) is 23.8 Å². The van der Waals surface area contributed by atoms with Gasteiger partial charge < -0.3 is 15.3 Å². The Hall–Kier alpha value is -4.11. The number of aromatic hydroxyl groups is 1. The largest absolute Gasteiger partial charge is 0.506 e. The van der Waals surface area contributed by atoms with Crippen molar-refractivity contribution < 1.29 is 9.52 Å². The summed E-state index contributed by atoms with van der Waals surface area (Å²) in [6.45, 7) is 0. The lowest BCUT2D eigenvalue weighted by molar-refractivity contribution is 0.316. The van der Waals surface area contributed by atoms with Crippen molar-refractivity contribution in [3.05, 3.63) is 84.4 Å². The zero-order valence-electron chi connectivity index (χ0n) is 16.8. The van der Waals surface area contributed by atoms with Gasteiger partial charge in [0.1, 0.15) is 23.1 Å². The second kappa shape index (κ2) is 8.20. The minimum absolute atomic E-state index is 0.111. The number of hydrogen-bond acceptors (Lipinski definition) is 7. The molecule has 1 atom stereocenters. The van der Waals surface area contributed by atoms with E-state index >= 15 is 0 Å². The average Bonchev–Trinajstić information content (AvgIpc) is 3.49. The fourth-order valence-electron chi connectivity index (χ4n) is 3.65. The molecular weight excluding hydrogens is 424 g/mol. The highest BCUT2D eigenvalue weighted by Crippen LogP contribution is 2.34. The summed E-state index contributed by atoms with van der Waals surface area (Å²) >= 11 is 5.16. The van der Waals surface area contributed by atoms with Gasteiger partial charge in [-0.1, -0.05) is 12.1 Å². The number of fused-ring (bicyclic) bond motifs is 1. The number of pyridine rings is 1. The number of hydrogen-bond donors (Lipinski definition) is 2. The summed E-state index contributed by atoms with van der Waals surface area (Å²) in [5.74, 6) is 0.873. The molecule has 0 fully saturated rings. The molecule has 0 aliphatic carbocycles. The lowest BCUT2D eigenvalue weighted by atomic mass is 10.0. The summed E-state index contributed by atoms with van der Waals surface area (Å²) < 4.78 is 5.54. The van der Waals surface area contributed by atoms with E-state index in [2.05, 4.69) is 20.3 Å². The second-order valence-electron chi connectivity index (χ2n) is 7.22. The standard InChI is InChI=1S/C23H18N6O2S/c24-23(32)29-19(21-4-2-12-31-21)13-18(28-29)14-5-7-15(8-6-14)26-27-17-9-10-20(30)22-16(17)3-1-11-25-22/h1-12,19,30H,13H2,(H2,24,32). The first-order valence-electron chi connectivity index (χ1n) is 9.88. The van der Waals surface area contributed by atoms with E-state index in [-0.39, 0.29) is 16.9 Å². The molecule has 0 radical (unpaired) electrons. The number of phenolic OH excluding ortho intramolecular Hbond substituents is 1. The molecule has 8 nitrogen and oxygen atoms in total. The molecule has 4 aromatic rings. The van der Waals surface area contributed by atoms with Gasteiger partial charge in [0.05, 0.1) is 23.3 Å². The van der Waals surface area contributed by atoms with Gasteiger partial charge in [-0.25, -0.2) is 5.01 Å². The molecule has 0 saturated heterocycles. The molecule has 2 aromatic carbocycles. The van der Waals surface area contributed by atoms with Crippen LogP contribution in [0.5, 0.6) is 5.75 Å². The summed E-state index contributed by atoms with van der Waals surface area (Å²) in [5.41, 5.74) is 9.47. The van der Waals surface area contributed by atoms with Crippen molar-refractivity contribution >= 4 is 45.3 Å². The molecule has 1 aliphatic rings. The van der Waals surface area contributed by atoms with Gasteiger partial charge >= 0.3 is 0 Å². The normalized spacial score (nSPS) is 16.1. The monoisotopic (exact) mass is 442 g/mol. The second-order valence-corrected chi connectivity index (χ2v) is 7.63. The number of rotatable bonds is 4. The van der Waals surface area contributed by atoms with Gasteiger partial charge in [-0.2, -0.15) is 10.2 Å². The number of furan rings is 1. The number of benzene rings is 2. The minimum Gasteiger partial charge on any atom is -0.506 e. The van der Waals surface area contributed by atoms with E-state index in [0.29, 0.717) is 23.3 Å². The van der Waals surface area contributed by atoms with E-state index in [9.17, 15) is 5.11 Å². The Morgan fingerprint density at radius 3 is 2.69 bits per heavy atom. The van der Waals surface area contributed by atoms with E-state index < -0.39 is 0 Å². The molecule has 2 aromatic heterocycles. The van der Waals surface area contributed by atoms with Crippen molar-refractivity contribution in [2.75, 3.05) is 0 Å². The molecule has 3 N–H and O–H groups in total. The molecule has 158 valence electrons. The highest BCUT2D eigenvalue weighted by atomic mass is 32.1. The molecule has 3 heterocycles. The molecule has 0 saturated carbocycles. The first-order valence-corrected chi connectivity index (χ1v) is 10.3. The van der Waals surface area contributed by atoms with Crippen LogP contribution in [-0.2, 0) is 0 Å². The van der Waals surface area contributed by atoms with Crippen molar-refractivity contribution in [3.8, 4) is 5.75 Å². The molecule has 5 rings (SSSR count). The van der Waals surface area contributed by atoms with Crippen LogP contribution in [-0.4, -0.2) is 25.9 Å². The lowest BCUT2D eigenvalue weighted by Crippen LogP contribution is -2.31. The number of nitrogens with two attached hydrogens (primary N) is 1. The Labute approximate surface area is 188 Å². The van der Waals surface area contributed by atoms with Gasteiger partial charge in [-0.15, -0.1) is 5.11 Å². The molecule has 9 heteroatoms. The van der Waals surface area contributed by atoms with Gasteiger partial charge in [0, 0.05) is 18.0 Å². The van der Waals surface area contributed by atoms with Crippen LogP contribution in [0.4, 0.5) is 11.4 Å². The topological polar surface area (TPSA) is 113 Å². The molecular formula is C23H18N6O2S. The minimum atomic E-state index is -0.159. The number of hydrazone groups is 1. The molecule has 1 aliphatic heterocycles. The van der Waals surface area contributed by atoms with Crippen LogP contribution in [0.3, 0.4) is 0 Å². The molecule has 0 spiro atoms. The summed E-state index contributed by atoms with van der Waals surface area (Å²) in [4.78, 5) is 4.20. The SMILES string of the molecule is NC(=S)N1N=C(c2ccc(N=Nc3ccc(O)c4ncccc34)cc2)CC1c1ccco1. The third-order valence-corrected chi connectivity index (χ3v) is 5.39. The number of phenols is 1. The van der Waals surface area contributed by atoms with Crippen LogP contribution >= 0.6 is 12.2 Å². The Morgan fingerprint density at radius 1 is 1.09 bits per heavy atom. The van der Waals surface area contributed by atoms with Crippen molar-refractivity contribution in [3.63, 3.8) is 0 Å². The number of azo groups is 1. The van der Waals surface area contributed by atoms with Gasteiger partial charge in [-0.3, -0.25) is 4.98 Å². The molecule has 1 unspecified atom stereocenters. The summed E-state index contributed by atoms with van der Waals surface area (Å²) in [6.07, 6.45) is 3.87. The van der Waals surface area contributed by atoms with Gasteiger partial charge in [0.25, 0.3) is 0 Å². The predicted molar refractivity (Wildman–Crippen MR) is 125 cm³/mol. The maximum atomic E-state index is 9.98. The summed E-state index contributed by atoms with van der Waals surface area (Å²) in [5, 5.41) is 25.8. The van der Waals surface area contributed by atoms with Gasteiger partial charge in [-0.05, 0) is 66.3 Å². The van der Waals surface area contributed by atoms with Crippen LogP contribution in [0.2, 0.25) is 0 Å². The molecule has 0 bridgehead atoms. The maximum absolute atomic E-state index is 9.98. The molecule has 0 amide bonds. The van der Waals surface area contributed by atoms with E-state index in [1.54, 1.807) is 35.7 Å². The van der Waals surface area contributed by atoms with Crippen LogP contribution in [0.15, 0.2) is 92.9 Å². The fourth-order valence-corrected chi connectivity index (χ4v) is 3.82. The zero-order valence-corrected chi connectivity index (χ0v) is 17.6.